The molecule has 0 aliphatic carbocycles. The maximum Gasteiger partial charge on any atom is 0.289 e. The number of hydrogen-bond donors (Lipinski definition) is 2. The first-order chi connectivity index (χ1) is 9.26. The van der Waals surface area contributed by atoms with Crippen LogP contribution in [0.15, 0.2) is 0 Å². The molecule has 5 nitrogen and oxygen atoms in total. The summed E-state index contributed by atoms with van der Waals surface area (Å²) < 4.78 is 0. The van der Waals surface area contributed by atoms with E-state index in [2.05, 4.69) is 17.6 Å². The van der Waals surface area contributed by atoms with Crippen LogP contribution in [0, 0.1) is 0 Å². The molecule has 0 fully saturated rings. The summed E-state index contributed by atoms with van der Waals surface area (Å²) in [6, 6.07) is 0. The van der Waals surface area contributed by atoms with Crippen molar-refractivity contribution >= 4 is 17.6 Å². The maximum atomic E-state index is 11.5. The second-order valence-corrected chi connectivity index (χ2v) is 6.07. The Kier molecular flexibility index (Phi) is 8.84. The van der Waals surface area contributed by atoms with Gasteiger partial charge in [0.1, 0.15) is 0 Å². The lowest BCUT2D eigenvalue weighted by atomic mass is 10.1. The zero-order valence-corrected chi connectivity index (χ0v) is 13.2. The molecule has 0 aromatic heterocycles. The van der Waals surface area contributed by atoms with Crippen molar-refractivity contribution < 1.29 is 14.4 Å². The second-order valence-electron chi connectivity index (χ2n) is 6.07. The van der Waals surface area contributed by atoms with Gasteiger partial charge < -0.3 is 10.6 Å². The predicted octanol–water partition coefficient (Wildman–Crippen LogP) is 1.95. The molecule has 0 atom stereocenters. The normalized spacial score (nSPS) is 11.0. The molecule has 0 aliphatic rings. The summed E-state index contributed by atoms with van der Waals surface area (Å²) in [5.74, 6) is -1.43. The van der Waals surface area contributed by atoms with Crippen molar-refractivity contribution in [3.63, 3.8) is 0 Å². The molecule has 5 heteroatoms. The van der Waals surface area contributed by atoms with E-state index in [0.29, 0.717) is 6.42 Å². The Balaban J connectivity index is 3.78. The molecule has 0 heterocycles. The molecule has 116 valence electrons. The van der Waals surface area contributed by atoms with Crippen molar-refractivity contribution in [3.8, 4) is 0 Å². The fourth-order valence-electron chi connectivity index (χ4n) is 1.65. The van der Waals surface area contributed by atoms with Crippen LogP contribution in [0.2, 0.25) is 0 Å². The lowest BCUT2D eigenvalue weighted by molar-refractivity contribution is -0.138. The lowest BCUT2D eigenvalue weighted by Crippen LogP contribution is -2.47. The zero-order valence-electron chi connectivity index (χ0n) is 13.2. The molecule has 0 spiro atoms. The van der Waals surface area contributed by atoms with Gasteiger partial charge in [-0.3, -0.25) is 14.4 Å². The fourth-order valence-corrected chi connectivity index (χ4v) is 1.65. The first-order valence-electron chi connectivity index (χ1n) is 7.38. The van der Waals surface area contributed by atoms with E-state index in [1.165, 1.54) is 12.8 Å². The summed E-state index contributed by atoms with van der Waals surface area (Å²) in [6.45, 7) is 7.31. The SMILES string of the molecule is CCCCCCCC(=O)NCC(=O)C(=O)NC(C)(C)C. The van der Waals surface area contributed by atoms with Crippen LogP contribution in [0.3, 0.4) is 0 Å². The minimum Gasteiger partial charge on any atom is -0.348 e. The highest BCUT2D eigenvalue weighted by Gasteiger charge is 2.20. The van der Waals surface area contributed by atoms with Gasteiger partial charge in [0.25, 0.3) is 5.91 Å². The molecule has 0 unspecified atom stereocenters. The molecule has 0 aromatic carbocycles. The minimum atomic E-state index is -0.652. The number of amides is 2. The van der Waals surface area contributed by atoms with Gasteiger partial charge >= 0.3 is 0 Å². The van der Waals surface area contributed by atoms with Gasteiger partial charge in [-0.2, -0.15) is 0 Å². The van der Waals surface area contributed by atoms with E-state index in [1.54, 1.807) is 20.8 Å². The fraction of sp³-hybridized carbons (Fsp3) is 0.800. The highest BCUT2D eigenvalue weighted by Crippen LogP contribution is 2.04. The smallest absolute Gasteiger partial charge is 0.289 e. The van der Waals surface area contributed by atoms with Gasteiger partial charge in [0.2, 0.25) is 11.7 Å². The second kappa shape index (κ2) is 9.50. The van der Waals surface area contributed by atoms with Gasteiger partial charge in [0.15, 0.2) is 0 Å². The highest BCUT2D eigenvalue weighted by atomic mass is 16.2. The summed E-state index contributed by atoms with van der Waals surface area (Å²) in [7, 11) is 0. The van der Waals surface area contributed by atoms with Gasteiger partial charge in [0, 0.05) is 12.0 Å². The van der Waals surface area contributed by atoms with E-state index in [0.717, 1.165) is 19.3 Å². The number of hydrogen-bond acceptors (Lipinski definition) is 3. The van der Waals surface area contributed by atoms with Crippen LogP contribution in [-0.2, 0) is 14.4 Å². The third-order valence-electron chi connectivity index (χ3n) is 2.70. The third-order valence-corrected chi connectivity index (χ3v) is 2.70. The Labute approximate surface area is 121 Å². The number of unbranched alkanes of at least 4 members (excludes halogenated alkanes) is 4. The van der Waals surface area contributed by atoms with Gasteiger partial charge in [-0.1, -0.05) is 32.6 Å². The van der Waals surface area contributed by atoms with Gasteiger partial charge in [-0.05, 0) is 27.2 Å². The molecular formula is C15H28N2O3. The lowest BCUT2D eigenvalue weighted by Gasteiger charge is -2.19. The number of rotatable bonds is 9. The maximum absolute atomic E-state index is 11.5. The molecule has 0 aliphatic heterocycles. The summed E-state index contributed by atoms with van der Waals surface area (Å²) in [4.78, 5) is 34.5. The molecule has 0 aromatic rings. The first-order valence-corrected chi connectivity index (χ1v) is 7.38. The topological polar surface area (TPSA) is 75.3 Å². The van der Waals surface area contributed by atoms with E-state index < -0.39 is 17.2 Å². The number of nitrogens with one attached hydrogen (secondary N) is 2. The number of Topliss-reactive ketones (excluding diaryl/α,β-unsaturated/α-hetero) is 1. The van der Waals surface area contributed by atoms with Crippen molar-refractivity contribution in [2.75, 3.05) is 6.54 Å². The van der Waals surface area contributed by atoms with Crippen molar-refractivity contribution in [3.05, 3.63) is 0 Å². The number of carbonyl (C=O) groups excluding carboxylic acids is 3. The summed E-state index contributed by atoms with van der Waals surface area (Å²) >= 11 is 0. The Morgan fingerprint density at radius 2 is 1.55 bits per heavy atom. The standard InChI is InChI=1S/C15H28N2O3/c1-5-6-7-8-9-10-13(19)16-11-12(18)14(20)17-15(2,3)4/h5-11H2,1-4H3,(H,16,19)(H,17,20). The number of carbonyl (C=O) groups is 3. The predicted molar refractivity (Wildman–Crippen MR) is 79.3 cm³/mol. The third kappa shape index (κ3) is 10.5. The summed E-state index contributed by atoms with van der Waals surface area (Å²) in [6.07, 6.45) is 5.76. The molecule has 2 amide bonds. The van der Waals surface area contributed by atoms with E-state index in [9.17, 15) is 14.4 Å². The van der Waals surface area contributed by atoms with E-state index in [1.807, 2.05) is 0 Å². The Morgan fingerprint density at radius 1 is 0.950 bits per heavy atom. The minimum absolute atomic E-state index is 0.168. The molecule has 0 saturated carbocycles. The van der Waals surface area contributed by atoms with Crippen LogP contribution in [-0.4, -0.2) is 29.7 Å². The number of ketones is 1. The van der Waals surface area contributed by atoms with Crippen LogP contribution in [0.25, 0.3) is 0 Å². The van der Waals surface area contributed by atoms with Gasteiger partial charge in [0.05, 0.1) is 6.54 Å². The van der Waals surface area contributed by atoms with Crippen molar-refractivity contribution in [1.82, 2.24) is 10.6 Å². The van der Waals surface area contributed by atoms with Crippen LogP contribution >= 0.6 is 0 Å². The van der Waals surface area contributed by atoms with Crippen molar-refractivity contribution in [1.29, 1.82) is 0 Å². The molecule has 0 saturated heterocycles. The van der Waals surface area contributed by atoms with E-state index >= 15 is 0 Å². The van der Waals surface area contributed by atoms with E-state index in [-0.39, 0.29) is 12.5 Å². The monoisotopic (exact) mass is 284 g/mol. The van der Waals surface area contributed by atoms with Crippen molar-refractivity contribution in [2.24, 2.45) is 0 Å². The quantitative estimate of drug-likeness (QED) is 0.502. The van der Waals surface area contributed by atoms with Crippen LogP contribution in [0.1, 0.15) is 66.2 Å². The molecule has 2 N–H and O–H groups in total. The Bertz CT molecular complexity index is 333. The highest BCUT2D eigenvalue weighted by molar-refractivity contribution is 6.37. The summed E-state index contributed by atoms with van der Waals surface area (Å²) in [5, 5.41) is 5.06. The van der Waals surface area contributed by atoms with Crippen molar-refractivity contribution in [2.45, 2.75) is 71.8 Å². The molecule has 0 radical (unpaired) electrons. The average Bonchev–Trinajstić information content (AvgIpc) is 2.33. The van der Waals surface area contributed by atoms with Gasteiger partial charge in [-0.15, -0.1) is 0 Å². The first kappa shape index (κ1) is 18.6. The molecule has 0 rings (SSSR count). The Hall–Kier alpha value is -1.39. The average molecular weight is 284 g/mol. The van der Waals surface area contributed by atoms with E-state index in [4.69, 9.17) is 0 Å². The van der Waals surface area contributed by atoms with Crippen LogP contribution in [0.5, 0.6) is 0 Å². The zero-order chi connectivity index (χ0) is 15.6. The Morgan fingerprint density at radius 3 is 2.10 bits per heavy atom. The van der Waals surface area contributed by atoms with Gasteiger partial charge in [-0.25, -0.2) is 0 Å². The summed E-state index contributed by atoms with van der Waals surface area (Å²) in [5.41, 5.74) is -0.448. The molecule has 20 heavy (non-hydrogen) atoms. The van der Waals surface area contributed by atoms with Crippen LogP contribution in [0.4, 0.5) is 0 Å². The van der Waals surface area contributed by atoms with Crippen LogP contribution < -0.4 is 10.6 Å². The largest absolute Gasteiger partial charge is 0.348 e. The molecule has 0 bridgehead atoms. The molecular weight excluding hydrogens is 256 g/mol.